The largest absolute Gasteiger partial charge is 0.308 e. The van der Waals surface area contributed by atoms with Crippen LogP contribution in [0.25, 0.3) is 6.08 Å². The molecule has 1 atom stereocenters. The number of aliphatic imine (C=N–C) groups is 1. The molecule has 0 aliphatic carbocycles. The molecule has 1 heterocycles. The Morgan fingerprint density at radius 2 is 1.49 bits per heavy atom. The Bertz CT molecular complexity index is 1380. The van der Waals surface area contributed by atoms with Crippen LogP contribution in [0.2, 0.25) is 5.02 Å². The first kappa shape index (κ1) is 23.2. The van der Waals surface area contributed by atoms with Crippen LogP contribution in [0.15, 0.2) is 119 Å². The minimum absolute atomic E-state index is 0.135. The molecular weight excluding hydrogens is 472 g/mol. The minimum Gasteiger partial charge on any atom is -0.308 e. The lowest BCUT2D eigenvalue weighted by Crippen LogP contribution is -2.28. The number of anilines is 1. The average Bonchev–Trinajstić information content (AvgIpc) is 3.23. The number of hydrogen-bond donors (Lipinski definition) is 0. The minimum atomic E-state index is -0.268. The first-order valence-electron chi connectivity index (χ1n) is 11.3. The number of thioether (sulfide) groups is 1. The molecule has 0 aromatic heterocycles. The molecule has 0 saturated carbocycles. The average molecular weight is 495 g/mol. The summed E-state index contributed by atoms with van der Waals surface area (Å²) in [5.74, 6) is -0.268. The monoisotopic (exact) mass is 494 g/mol. The Labute approximate surface area is 214 Å². The van der Waals surface area contributed by atoms with Crippen molar-refractivity contribution in [2.24, 2.45) is 4.99 Å². The van der Waals surface area contributed by atoms with E-state index in [4.69, 9.17) is 11.6 Å². The van der Waals surface area contributed by atoms with E-state index in [0.717, 1.165) is 21.7 Å². The van der Waals surface area contributed by atoms with Gasteiger partial charge < -0.3 is 4.90 Å². The molecule has 4 aromatic carbocycles. The van der Waals surface area contributed by atoms with Gasteiger partial charge in [-0.1, -0.05) is 102 Å². The van der Waals surface area contributed by atoms with Crippen molar-refractivity contribution in [3.05, 3.63) is 141 Å². The summed E-state index contributed by atoms with van der Waals surface area (Å²) in [6, 6.07) is 35.4. The number of hydrogen-bond acceptors (Lipinski definition) is 2. The summed E-state index contributed by atoms with van der Waals surface area (Å²) in [6.07, 6.45) is 2.17. The van der Waals surface area contributed by atoms with Gasteiger partial charge in [-0.2, -0.15) is 4.99 Å². The lowest BCUT2D eigenvalue weighted by Gasteiger charge is -2.27. The van der Waals surface area contributed by atoms with Gasteiger partial charge >= 0.3 is 0 Å². The van der Waals surface area contributed by atoms with Gasteiger partial charge in [-0.3, -0.25) is 4.79 Å². The van der Waals surface area contributed by atoms with Crippen molar-refractivity contribution in [1.29, 1.82) is 0 Å². The first-order valence-corrected chi connectivity index (χ1v) is 12.5. The van der Waals surface area contributed by atoms with Crippen LogP contribution in [0.4, 0.5) is 5.69 Å². The predicted molar refractivity (Wildman–Crippen MR) is 148 cm³/mol. The highest BCUT2D eigenvalue weighted by atomic mass is 35.5. The number of aryl methyl sites for hydroxylation is 1. The molecule has 1 aliphatic rings. The van der Waals surface area contributed by atoms with Gasteiger partial charge in [-0.25, -0.2) is 0 Å². The first-order chi connectivity index (χ1) is 17.1. The summed E-state index contributed by atoms with van der Waals surface area (Å²) in [5, 5.41) is 1.29. The maximum Gasteiger partial charge on any atom is 0.279 e. The zero-order valence-electron chi connectivity index (χ0n) is 19.1. The Morgan fingerprint density at radius 1 is 0.857 bits per heavy atom. The highest BCUT2D eigenvalue weighted by molar-refractivity contribution is 8.18. The second-order valence-corrected chi connectivity index (χ2v) is 9.76. The topological polar surface area (TPSA) is 32.7 Å². The quantitative estimate of drug-likeness (QED) is 0.286. The van der Waals surface area contributed by atoms with Gasteiger partial charge in [0, 0.05) is 21.2 Å². The van der Waals surface area contributed by atoms with E-state index in [1.165, 1.54) is 17.3 Å². The molecule has 1 unspecified atom stereocenters. The molecule has 1 saturated heterocycles. The lowest BCUT2D eigenvalue weighted by molar-refractivity contribution is 0.100. The molecule has 1 amide bonds. The number of amidine groups is 1. The Kier molecular flexibility index (Phi) is 6.84. The third-order valence-electron chi connectivity index (χ3n) is 5.77. The van der Waals surface area contributed by atoms with Crippen molar-refractivity contribution < 1.29 is 4.79 Å². The maximum absolute atomic E-state index is 13.1. The second-order valence-electron chi connectivity index (χ2n) is 8.28. The van der Waals surface area contributed by atoms with Crippen LogP contribution in [0, 0.1) is 6.92 Å². The second kappa shape index (κ2) is 10.3. The number of carbonyl (C=O) groups is 1. The zero-order chi connectivity index (χ0) is 24.2. The molecule has 5 heteroatoms. The van der Waals surface area contributed by atoms with Gasteiger partial charge in [-0.05, 0) is 60.5 Å². The van der Waals surface area contributed by atoms with Gasteiger partial charge in [0.15, 0.2) is 5.17 Å². The molecule has 172 valence electrons. The van der Waals surface area contributed by atoms with Crippen molar-refractivity contribution in [3.63, 3.8) is 0 Å². The van der Waals surface area contributed by atoms with Crippen molar-refractivity contribution in [2.75, 3.05) is 4.90 Å². The van der Waals surface area contributed by atoms with E-state index < -0.39 is 0 Å². The smallest absolute Gasteiger partial charge is 0.279 e. The van der Waals surface area contributed by atoms with Crippen molar-refractivity contribution in [1.82, 2.24) is 0 Å². The number of nitrogens with zero attached hydrogens (tertiary/aromatic N) is 2. The molecule has 0 N–H and O–H groups in total. The van der Waals surface area contributed by atoms with Crippen LogP contribution in [-0.2, 0) is 0 Å². The van der Waals surface area contributed by atoms with Crippen LogP contribution in [0.3, 0.4) is 0 Å². The van der Waals surface area contributed by atoms with Crippen molar-refractivity contribution >= 4 is 46.2 Å². The van der Waals surface area contributed by atoms with Gasteiger partial charge in [-0.15, -0.1) is 0 Å². The molecule has 35 heavy (non-hydrogen) atoms. The van der Waals surface area contributed by atoms with Crippen LogP contribution in [0.5, 0.6) is 0 Å². The van der Waals surface area contributed by atoms with E-state index in [-0.39, 0.29) is 11.9 Å². The Balaban J connectivity index is 1.67. The fraction of sp³-hybridized carbons (Fsp3) is 0.0667. The molecule has 1 aliphatic heterocycles. The number of benzene rings is 4. The summed E-state index contributed by atoms with van der Waals surface area (Å²) < 4.78 is 0. The van der Waals surface area contributed by atoms with E-state index in [0.29, 0.717) is 15.8 Å². The number of carbonyl (C=O) groups excluding carboxylic acids is 1. The van der Waals surface area contributed by atoms with Crippen molar-refractivity contribution in [2.45, 2.75) is 13.0 Å². The van der Waals surface area contributed by atoms with Crippen molar-refractivity contribution in [3.8, 4) is 0 Å². The summed E-state index contributed by atoms with van der Waals surface area (Å²) in [5.41, 5.74) is 4.89. The van der Waals surface area contributed by atoms with Crippen LogP contribution >= 0.6 is 23.4 Å². The fourth-order valence-electron chi connectivity index (χ4n) is 4.00. The Hall–Kier alpha value is -3.60. The molecule has 5 rings (SSSR count). The normalized spacial score (nSPS) is 17.8. The highest BCUT2D eigenvalue weighted by Crippen LogP contribution is 2.48. The van der Waals surface area contributed by atoms with Gasteiger partial charge in [0.05, 0.1) is 6.04 Å². The predicted octanol–water partition coefficient (Wildman–Crippen LogP) is 8.18. The van der Waals surface area contributed by atoms with Crippen LogP contribution in [0.1, 0.15) is 33.1 Å². The molecule has 4 aromatic rings. The maximum atomic E-state index is 13.1. The summed E-state index contributed by atoms with van der Waals surface area (Å²) >= 11 is 7.73. The number of rotatable bonds is 4. The molecule has 0 radical (unpaired) electrons. The molecule has 1 fully saturated rings. The van der Waals surface area contributed by atoms with Gasteiger partial charge in [0.25, 0.3) is 5.91 Å². The molecule has 0 spiro atoms. The number of halogens is 1. The third-order valence-corrected chi connectivity index (χ3v) is 7.07. The fourth-order valence-corrected chi connectivity index (χ4v) is 5.32. The zero-order valence-corrected chi connectivity index (χ0v) is 20.7. The van der Waals surface area contributed by atoms with Crippen LogP contribution in [-0.4, -0.2) is 11.1 Å². The standard InChI is InChI=1S/C30H23ClN2OS/c1-21-12-14-23(15-13-21)28-27(20-22-8-4-2-5-9-22)35-30(32-29(34)24-10-6-3-7-11-24)33(28)26-18-16-25(31)17-19-26/h2-20,28H,1H3/b27-20-,32-30?. The van der Waals surface area contributed by atoms with E-state index >= 15 is 0 Å². The van der Waals surface area contributed by atoms with E-state index in [9.17, 15) is 4.79 Å². The third kappa shape index (κ3) is 5.24. The van der Waals surface area contributed by atoms with E-state index in [1.807, 2.05) is 60.7 Å². The van der Waals surface area contributed by atoms with Gasteiger partial charge in [0.1, 0.15) is 0 Å². The van der Waals surface area contributed by atoms with E-state index in [2.05, 4.69) is 59.3 Å². The van der Waals surface area contributed by atoms with E-state index in [1.54, 1.807) is 12.1 Å². The molecule has 3 nitrogen and oxygen atoms in total. The van der Waals surface area contributed by atoms with Gasteiger partial charge in [0.2, 0.25) is 0 Å². The molecule has 0 bridgehead atoms. The summed E-state index contributed by atoms with van der Waals surface area (Å²) in [7, 11) is 0. The summed E-state index contributed by atoms with van der Waals surface area (Å²) in [6.45, 7) is 2.08. The SMILES string of the molecule is Cc1ccc(C2/C(=C/c3ccccc3)SC(=NC(=O)c3ccccc3)N2c2ccc(Cl)cc2)cc1. The lowest BCUT2D eigenvalue weighted by atomic mass is 10.0. The number of amides is 1. The highest BCUT2D eigenvalue weighted by Gasteiger charge is 2.37. The Morgan fingerprint density at radius 3 is 2.14 bits per heavy atom. The molecular formula is C30H23ClN2OS. The summed E-state index contributed by atoms with van der Waals surface area (Å²) in [4.78, 5) is 20.9. The van der Waals surface area contributed by atoms with Crippen LogP contribution < -0.4 is 4.90 Å².